The van der Waals surface area contributed by atoms with Crippen LogP contribution in [0.25, 0.3) is 10.9 Å². The lowest BCUT2D eigenvalue weighted by atomic mass is 10.2. The second-order valence-electron chi connectivity index (χ2n) is 8.21. The van der Waals surface area contributed by atoms with Gasteiger partial charge in [0.25, 0.3) is 11.5 Å². The molecule has 0 aliphatic heterocycles. The maximum absolute atomic E-state index is 13.2. The highest BCUT2D eigenvalue weighted by Gasteiger charge is 2.22. The van der Waals surface area contributed by atoms with Crippen molar-refractivity contribution in [1.82, 2.24) is 9.66 Å². The zero-order chi connectivity index (χ0) is 27.4. The van der Waals surface area contributed by atoms with Crippen molar-refractivity contribution in [3.8, 4) is 5.75 Å². The zero-order valence-corrected chi connectivity index (χ0v) is 22.6. The number of fused-ring (bicyclic) bond motifs is 1. The molecule has 12 heteroatoms. The number of anilines is 1. The van der Waals surface area contributed by atoms with Gasteiger partial charge in [-0.25, -0.2) is 4.98 Å². The summed E-state index contributed by atoms with van der Waals surface area (Å²) in [6.07, 6.45) is 1.62. The van der Waals surface area contributed by atoms with E-state index in [1.807, 2.05) is 26.0 Å². The average Bonchev–Trinajstić information content (AvgIpc) is 2.88. The molecule has 3 aromatic carbocycles. The van der Waals surface area contributed by atoms with E-state index < -0.39 is 28.7 Å². The first-order valence-corrected chi connectivity index (χ1v) is 12.6. The monoisotopic (exact) mass is 597 g/mol. The van der Waals surface area contributed by atoms with E-state index in [0.29, 0.717) is 33.3 Å². The molecule has 1 amide bonds. The summed E-state index contributed by atoms with van der Waals surface area (Å²) in [5.41, 5.74) is 1.34. The number of aryl methyl sites for hydroxylation is 2. The number of benzene rings is 3. The van der Waals surface area contributed by atoms with Crippen LogP contribution in [-0.4, -0.2) is 33.3 Å². The molecule has 0 radical (unpaired) electrons. The Labute approximate surface area is 230 Å². The quantitative estimate of drug-likeness (QED) is 0.162. The standard InChI is InChI=1S/C26H21BrClN5O5/c1-3-23-31-21-9-6-17(27)11-20(21)26(35)32(23)29-13-16-10-18(28)12-22(33(36)37)25(16)38-14-24(34)30-19-7-4-15(2)5-8-19/h4-13H,3,14H2,1-2H3,(H,30,34). The van der Waals surface area contributed by atoms with Gasteiger partial charge in [0.05, 0.1) is 22.0 Å². The maximum atomic E-state index is 13.2. The smallest absolute Gasteiger partial charge is 0.313 e. The van der Waals surface area contributed by atoms with Crippen LogP contribution in [0.15, 0.2) is 69.0 Å². The first-order chi connectivity index (χ1) is 18.2. The molecule has 1 N–H and O–H groups in total. The molecule has 0 fully saturated rings. The summed E-state index contributed by atoms with van der Waals surface area (Å²) in [5, 5.41) is 19.1. The van der Waals surface area contributed by atoms with Crippen LogP contribution < -0.4 is 15.6 Å². The number of rotatable bonds is 8. The van der Waals surface area contributed by atoms with Crippen molar-refractivity contribution in [2.45, 2.75) is 20.3 Å². The number of carbonyl (C=O) groups is 1. The van der Waals surface area contributed by atoms with E-state index in [-0.39, 0.29) is 16.3 Å². The van der Waals surface area contributed by atoms with Crippen LogP contribution in [0.5, 0.6) is 5.75 Å². The maximum Gasteiger partial charge on any atom is 0.313 e. The lowest BCUT2D eigenvalue weighted by Crippen LogP contribution is -2.22. The molecule has 0 unspecified atom stereocenters. The fraction of sp³-hybridized carbons (Fsp3) is 0.154. The van der Waals surface area contributed by atoms with Gasteiger partial charge in [-0.3, -0.25) is 19.7 Å². The third-order valence-electron chi connectivity index (χ3n) is 5.45. The van der Waals surface area contributed by atoms with Gasteiger partial charge in [0.1, 0.15) is 5.82 Å². The fourth-order valence-electron chi connectivity index (χ4n) is 3.62. The predicted octanol–water partition coefficient (Wildman–Crippen LogP) is 5.49. The molecule has 0 saturated heterocycles. The number of halogens is 2. The highest BCUT2D eigenvalue weighted by Crippen LogP contribution is 2.34. The third kappa shape index (κ3) is 6.06. The van der Waals surface area contributed by atoms with E-state index in [4.69, 9.17) is 16.3 Å². The van der Waals surface area contributed by atoms with E-state index in [9.17, 15) is 19.7 Å². The molecule has 4 aromatic rings. The van der Waals surface area contributed by atoms with E-state index in [2.05, 4.69) is 31.3 Å². The van der Waals surface area contributed by atoms with Gasteiger partial charge in [-0.1, -0.05) is 52.2 Å². The predicted molar refractivity (Wildman–Crippen MR) is 149 cm³/mol. The minimum absolute atomic E-state index is 0.0539. The third-order valence-corrected chi connectivity index (χ3v) is 6.16. The molecule has 0 spiro atoms. The highest BCUT2D eigenvalue weighted by atomic mass is 79.9. The highest BCUT2D eigenvalue weighted by molar-refractivity contribution is 9.10. The van der Waals surface area contributed by atoms with Crippen LogP contribution in [0.1, 0.15) is 23.9 Å². The summed E-state index contributed by atoms with van der Waals surface area (Å²) in [6.45, 7) is 3.23. The number of hydrogen-bond donors (Lipinski definition) is 1. The van der Waals surface area contributed by atoms with Crippen LogP contribution in [0.4, 0.5) is 11.4 Å². The Bertz CT molecular complexity index is 1640. The SMILES string of the molecule is CCc1nc2ccc(Br)cc2c(=O)n1N=Cc1cc(Cl)cc([N+](=O)[O-])c1OCC(=O)Nc1ccc(C)cc1. The number of nitrogens with one attached hydrogen (secondary N) is 1. The summed E-state index contributed by atoms with van der Waals surface area (Å²) < 4.78 is 7.41. The van der Waals surface area contributed by atoms with Crippen molar-refractivity contribution in [1.29, 1.82) is 0 Å². The Morgan fingerprint density at radius 1 is 1.24 bits per heavy atom. The molecule has 0 aliphatic carbocycles. The Morgan fingerprint density at radius 3 is 2.66 bits per heavy atom. The number of nitro groups is 1. The van der Waals surface area contributed by atoms with Gasteiger partial charge in [-0.15, -0.1) is 0 Å². The molecule has 10 nitrogen and oxygen atoms in total. The Morgan fingerprint density at radius 2 is 1.97 bits per heavy atom. The van der Waals surface area contributed by atoms with Gasteiger partial charge in [0.2, 0.25) is 5.75 Å². The number of nitrogens with zero attached hydrogens (tertiary/aromatic N) is 4. The van der Waals surface area contributed by atoms with Crippen LogP contribution in [0, 0.1) is 17.0 Å². The molecular formula is C26H21BrClN5O5. The molecular weight excluding hydrogens is 578 g/mol. The second-order valence-corrected chi connectivity index (χ2v) is 9.56. The summed E-state index contributed by atoms with van der Waals surface area (Å²) in [6, 6.07) is 14.8. The largest absolute Gasteiger partial charge is 0.476 e. The summed E-state index contributed by atoms with van der Waals surface area (Å²) in [5.74, 6) is -0.350. The van der Waals surface area contributed by atoms with Crippen molar-refractivity contribution >= 4 is 61.9 Å². The first kappa shape index (κ1) is 27.0. The second kappa shape index (κ2) is 11.5. The number of hydrogen-bond acceptors (Lipinski definition) is 7. The average molecular weight is 599 g/mol. The number of nitro benzene ring substituents is 1. The Kier molecular flexibility index (Phi) is 8.18. The van der Waals surface area contributed by atoms with Crippen molar-refractivity contribution in [3.63, 3.8) is 0 Å². The molecule has 1 heterocycles. The van der Waals surface area contributed by atoms with Gasteiger partial charge in [-0.05, 0) is 43.3 Å². The van der Waals surface area contributed by atoms with E-state index in [0.717, 1.165) is 16.3 Å². The van der Waals surface area contributed by atoms with Crippen LogP contribution in [0.3, 0.4) is 0 Å². The zero-order valence-electron chi connectivity index (χ0n) is 20.3. The summed E-state index contributed by atoms with van der Waals surface area (Å²) in [7, 11) is 0. The van der Waals surface area contributed by atoms with E-state index >= 15 is 0 Å². The molecule has 0 aliphatic rings. The van der Waals surface area contributed by atoms with E-state index in [1.165, 1.54) is 12.3 Å². The van der Waals surface area contributed by atoms with Crippen molar-refractivity contribution < 1.29 is 14.5 Å². The topological polar surface area (TPSA) is 129 Å². The number of ether oxygens (including phenoxy) is 1. The van der Waals surface area contributed by atoms with Crippen molar-refractivity contribution in [3.05, 3.63) is 102 Å². The number of amides is 1. The van der Waals surface area contributed by atoms with Gasteiger partial charge >= 0.3 is 5.69 Å². The minimum Gasteiger partial charge on any atom is -0.476 e. The van der Waals surface area contributed by atoms with Gasteiger partial charge in [0.15, 0.2) is 6.61 Å². The lowest BCUT2D eigenvalue weighted by Gasteiger charge is -2.11. The van der Waals surface area contributed by atoms with E-state index in [1.54, 1.807) is 30.3 Å². The molecule has 0 bridgehead atoms. The molecule has 0 atom stereocenters. The fourth-order valence-corrected chi connectivity index (χ4v) is 4.20. The molecule has 194 valence electrons. The van der Waals surface area contributed by atoms with Crippen LogP contribution in [0.2, 0.25) is 5.02 Å². The van der Waals surface area contributed by atoms with Crippen LogP contribution >= 0.6 is 27.5 Å². The molecule has 38 heavy (non-hydrogen) atoms. The van der Waals surface area contributed by atoms with Crippen LogP contribution in [-0.2, 0) is 11.2 Å². The van der Waals surface area contributed by atoms with Gasteiger partial charge in [0, 0.05) is 33.2 Å². The molecule has 0 saturated carbocycles. The molecule has 1 aromatic heterocycles. The van der Waals surface area contributed by atoms with Gasteiger partial charge in [-0.2, -0.15) is 9.78 Å². The normalized spacial score (nSPS) is 11.2. The van der Waals surface area contributed by atoms with Crippen molar-refractivity contribution in [2.75, 3.05) is 11.9 Å². The first-order valence-electron chi connectivity index (χ1n) is 11.4. The summed E-state index contributed by atoms with van der Waals surface area (Å²) >= 11 is 9.48. The lowest BCUT2D eigenvalue weighted by molar-refractivity contribution is -0.385. The number of carbonyl (C=O) groups excluding carboxylic acids is 1. The molecule has 4 rings (SSSR count). The summed E-state index contributed by atoms with van der Waals surface area (Å²) in [4.78, 5) is 41.2. The Hall–Kier alpha value is -4.09. The Balaban J connectivity index is 1.70. The number of aromatic nitrogens is 2. The van der Waals surface area contributed by atoms with Gasteiger partial charge < -0.3 is 10.1 Å². The van der Waals surface area contributed by atoms with Crippen molar-refractivity contribution in [2.24, 2.45) is 5.10 Å². The minimum atomic E-state index is -0.671.